The molecule has 0 aliphatic carbocycles. The van der Waals surface area contributed by atoms with Crippen LogP contribution in [0.1, 0.15) is 31.0 Å². The number of nitrogens with zero attached hydrogens (tertiary/aromatic N) is 16. The lowest BCUT2D eigenvalue weighted by atomic mass is 10.0. The van der Waals surface area contributed by atoms with Crippen LogP contribution in [0, 0.1) is 0 Å². The third kappa shape index (κ3) is 21.7. The van der Waals surface area contributed by atoms with Crippen molar-refractivity contribution in [2.75, 3.05) is 40.2 Å². The van der Waals surface area contributed by atoms with Gasteiger partial charge >= 0.3 is 19.8 Å². The van der Waals surface area contributed by atoms with E-state index in [0.717, 1.165) is 38.1 Å². The molecule has 6 aromatic carbocycles. The number of alkyl halides is 12. The molecule has 0 spiro atoms. The Kier molecular flexibility index (Phi) is 28.2. The molecule has 0 amide bonds. The van der Waals surface area contributed by atoms with Crippen LogP contribution in [0.4, 0.5) is 52.7 Å². The number of aromatic nitrogens is 15. The number of fused-ring (bicyclic) bond motifs is 6. The van der Waals surface area contributed by atoms with Crippen molar-refractivity contribution in [3.63, 3.8) is 0 Å². The first kappa shape index (κ1) is 89.5. The highest BCUT2D eigenvalue weighted by Gasteiger charge is 2.27. The second kappa shape index (κ2) is 38.4. The van der Waals surface area contributed by atoms with Crippen LogP contribution in [0.25, 0.3) is 116 Å². The van der Waals surface area contributed by atoms with Crippen molar-refractivity contribution in [2.45, 2.75) is 73.0 Å². The highest BCUT2D eigenvalue weighted by atomic mass is 35.7. The Morgan fingerprint density at radius 3 is 0.967 bits per heavy atom. The third-order valence-corrected chi connectivity index (χ3v) is 17.4. The summed E-state index contributed by atoms with van der Waals surface area (Å²) in [5.74, 6) is -0.733. The lowest BCUT2D eigenvalue weighted by Crippen LogP contribution is -2.25. The van der Waals surface area contributed by atoms with E-state index in [1.807, 2.05) is 25.9 Å². The smallest absolute Gasteiger partial charge is 0.387 e. The fraction of sp³-hybridized carbons (Fsp3) is 0.250. The Morgan fingerprint density at radius 2 is 0.697 bits per heavy atom. The Bertz CT molecular complexity index is 6350. The van der Waals surface area contributed by atoms with E-state index in [9.17, 15) is 80.6 Å². The maximum atomic E-state index is 14.0. The van der Waals surface area contributed by atoms with E-state index in [2.05, 4.69) is 70.4 Å². The van der Waals surface area contributed by atoms with E-state index in [0.29, 0.717) is 68.8 Å². The van der Waals surface area contributed by atoms with E-state index in [1.54, 1.807) is 108 Å². The normalized spacial score (nSPS) is 11.6. The summed E-state index contributed by atoms with van der Waals surface area (Å²) in [6.07, 6.45) is -1.48. The molecule has 9 heterocycles. The van der Waals surface area contributed by atoms with E-state index in [4.69, 9.17) is 14.2 Å². The van der Waals surface area contributed by atoms with Crippen molar-refractivity contribution < 1.29 is 94.6 Å². The zero-order valence-electron chi connectivity index (χ0n) is 64.2. The molecule has 640 valence electrons. The zero-order valence-corrected chi connectivity index (χ0v) is 65.8. The second-order valence-corrected chi connectivity index (χ2v) is 29.7. The quantitative estimate of drug-likeness (QED) is 0.0410. The molecule has 0 atom stereocenters. The molecule has 15 rings (SSSR count). The Morgan fingerprint density at radius 1 is 0.418 bits per heavy atom. The van der Waals surface area contributed by atoms with Crippen molar-refractivity contribution in [2.24, 2.45) is 21.1 Å². The molecule has 9 aromatic heterocycles. The van der Waals surface area contributed by atoms with Crippen LogP contribution in [0.2, 0.25) is 0 Å². The number of rotatable bonds is 25. The lowest BCUT2D eigenvalue weighted by molar-refractivity contribution is -0.0505. The molecule has 15 aromatic rings. The summed E-state index contributed by atoms with van der Waals surface area (Å²) in [5.41, 5.74) is 5.28. The zero-order chi connectivity index (χ0) is 87.0. The van der Waals surface area contributed by atoms with Gasteiger partial charge < -0.3 is 38.4 Å². The van der Waals surface area contributed by atoms with Gasteiger partial charge in [0.25, 0.3) is 36.0 Å². The summed E-state index contributed by atoms with van der Waals surface area (Å²) in [6, 6.07) is 36.1. The highest BCUT2D eigenvalue weighted by Crippen LogP contribution is 2.36. The molecule has 0 saturated heterocycles. The van der Waals surface area contributed by atoms with Gasteiger partial charge in [0.15, 0.2) is 19.8 Å². The van der Waals surface area contributed by atoms with Crippen LogP contribution in [0.15, 0.2) is 179 Å². The Labute approximate surface area is 687 Å². The van der Waals surface area contributed by atoms with Crippen LogP contribution < -0.4 is 45.1 Å². The molecule has 0 saturated carbocycles. The number of benzene rings is 6. The summed E-state index contributed by atoms with van der Waals surface area (Å²) >= 11 is 0. The highest BCUT2D eigenvalue weighted by molar-refractivity contribution is 8.13. The fourth-order valence-electron chi connectivity index (χ4n) is 12.6. The predicted octanol–water partition coefficient (Wildman–Crippen LogP) is 14.7. The molecule has 0 fully saturated rings. The summed E-state index contributed by atoms with van der Waals surface area (Å²) in [4.78, 5) is 56.6. The molecule has 122 heavy (non-hydrogen) atoms. The van der Waals surface area contributed by atoms with Gasteiger partial charge in [0.05, 0.1) is 63.2 Å². The molecule has 1 N–H and O–H groups in total. The molecule has 0 aliphatic heterocycles. The lowest BCUT2D eigenvalue weighted by Gasteiger charge is -2.17. The van der Waals surface area contributed by atoms with Crippen LogP contribution in [0.5, 0.6) is 34.9 Å². The molecular formula is C80H71ClF12N16O12S. The van der Waals surface area contributed by atoms with Crippen LogP contribution in [-0.2, 0) is 49.8 Å². The van der Waals surface area contributed by atoms with Crippen molar-refractivity contribution >= 4 is 85.5 Å². The minimum Gasteiger partial charge on any atom is -0.472 e. The van der Waals surface area contributed by atoms with E-state index in [-0.39, 0.29) is 92.2 Å². The third-order valence-electron chi connectivity index (χ3n) is 17.4. The number of aryl methyl sites for hydroxylation is 4. The second-order valence-electron chi connectivity index (χ2n) is 26.6. The summed E-state index contributed by atoms with van der Waals surface area (Å²) in [7, 11) is 10.3. The van der Waals surface area contributed by atoms with Gasteiger partial charge in [-0.3, -0.25) is 28.4 Å². The molecule has 0 aliphatic rings. The minimum absolute atomic E-state index is 0. The Balaban J connectivity index is 0.000000173. The Hall–Kier alpha value is -13.3. The van der Waals surface area contributed by atoms with Crippen molar-refractivity contribution in [1.29, 1.82) is 0 Å². The van der Waals surface area contributed by atoms with E-state index in [1.165, 1.54) is 100 Å². The fourth-order valence-corrected chi connectivity index (χ4v) is 12.6. The summed E-state index contributed by atoms with van der Waals surface area (Å²) in [5, 5.41) is 39.1. The summed E-state index contributed by atoms with van der Waals surface area (Å²) < 4.78 is 209. The number of hydrogen-bond acceptors (Lipinski definition) is 22. The number of hydrogen-bond donors (Lipinski definition) is 1. The molecule has 0 bridgehead atoms. The van der Waals surface area contributed by atoms with Gasteiger partial charge in [-0.25, -0.2) is 49.7 Å². The van der Waals surface area contributed by atoms with Crippen molar-refractivity contribution in [1.82, 2.24) is 78.5 Å². The molecule has 28 nitrogen and oxygen atoms in total. The number of pyridine rings is 3. The number of ether oxygens (including phenoxy) is 6. The first-order chi connectivity index (χ1) is 57.5. The largest absolute Gasteiger partial charge is 0.472 e. The van der Waals surface area contributed by atoms with Crippen molar-refractivity contribution in [3.05, 3.63) is 212 Å². The van der Waals surface area contributed by atoms with E-state index < -0.39 is 91.3 Å². The van der Waals surface area contributed by atoms with E-state index >= 15 is 0 Å². The van der Waals surface area contributed by atoms with Gasteiger partial charge in [-0.05, 0) is 134 Å². The maximum absolute atomic E-state index is 14.0. The molecule has 0 unspecified atom stereocenters. The summed E-state index contributed by atoms with van der Waals surface area (Å²) in [6.45, 7) is -10.1. The number of aliphatic hydroxyl groups is 1. The van der Waals surface area contributed by atoms with Gasteiger partial charge in [-0.1, -0.05) is 50.7 Å². The van der Waals surface area contributed by atoms with Crippen molar-refractivity contribution in [3.8, 4) is 85.3 Å². The average Bonchev–Trinajstić information content (AvgIpc) is 0.858. The van der Waals surface area contributed by atoms with Crippen LogP contribution in [0.3, 0.4) is 0 Å². The van der Waals surface area contributed by atoms with Gasteiger partial charge in [0, 0.05) is 102 Å². The predicted molar refractivity (Wildman–Crippen MR) is 429 cm³/mol. The monoisotopic (exact) mass is 1740 g/mol. The maximum Gasteiger partial charge on any atom is 0.387 e. The van der Waals surface area contributed by atoms with Crippen LogP contribution in [-0.4, -0.2) is 171 Å². The van der Waals surface area contributed by atoms with Gasteiger partial charge in [0.1, 0.15) is 50.3 Å². The minimum atomic E-state index is -3.19. The first-order valence-corrected chi connectivity index (χ1v) is 38.5. The van der Waals surface area contributed by atoms with Gasteiger partial charge in [-0.15, -0.1) is 0 Å². The number of aliphatic hydroxyl groups excluding tert-OH is 1. The molecular weight excluding hydrogens is 1670 g/mol. The van der Waals surface area contributed by atoms with Gasteiger partial charge in [0.2, 0.25) is 26.7 Å². The average molecular weight is 1740 g/mol. The first-order valence-electron chi connectivity index (χ1n) is 35.8. The standard InChI is InChI=1S/C27H24F4N6O3.C26H21F4N5O3.C25H19F4N5O4.CH3ClO2S.CH4/c1-35(2)12-17-11-22(39-14-21(28)29)32-25-23(15-4-7-19(8-5-15)40-27(30)31)26(38)37(34-24(17)25)18-6-9-20-16(10-18)13-36(3)33-20;1-3-14-11-21(37-13-20(27)28)31-24-22(15-4-7-18(8-5-15)38-26(29)30)25(36)35(33-23(14)24)17-6-9-19-16(10-17)12-34(2)32-19;1-33-10-14-8-16(4-7-18(14)31-33)34-24(36)21(13-2-5-17(6-3-13)38-25(28)29)23-22(32-34)15(11-35)9-20(30-23)37-12-19(26)27;1-5(2,3)4;/h4-11,13,21,27H,12,14H2,1-3H3;4-12,20,26H,3,13H2,1-2H3;2-10,19,25,35H,11-12H2,1H3;1H3;1H4. The molecule has 42 heteroatoms. The number of halogens is 13. The molecule has 0 radical (unpaired) electrons. The van der Waals surface area contributed by atoms with Crippen LogP contribution >= 0.6 is 10.7 Å². The van der Waals surface area contributed by atoms with Gasteiger partial charge in [-0.2, -0.15) is 71.0 Å². The topological polar surface area (TPSA) is 310 Å². The SMILES string of the molecule is C.CCc1cc(OCC(F)F)nc2c(-c3ccc(OC(F)F)cc3)c(=O)n(-c3ccc4nn(C)cc4c3)nc12.CN(C)Cc1cc(OCC(F)F)nc2c(-c3ccc(OC(F)F)cc3)c(=O)n(-c3ccc4nn(C)cc4c3)nc12.CS(=O)(=O)Cl.Cn1cc2cc(-n3nc4c(CO)cc(OCC(F)F)nc4c(-c4ccc(OC(F)F)cc4)c3=O)ccc2n1.